The van der Waals surface area contributed by atoms with E-state index in [1.807, 2.05) is 110 Å². The highest BCUT2D eigenvalue weighted by atomic mass is 19.1. The van der Waals surface area contributed by atoms with Crippen LogP contribution in [0.15, 0.2) is 113 Å². The maximum absolute atomic E-state index is 14.1. The Hall–Kier alpha value is -5.24. The Kier molecular flexibility index (Phi) is 6.08. The molecule has 0 bridgehead atoms. The fourth-order valence-electron chi connectivity index (χ4n) is 5.49. The molecule has 1 aromatic heterocycles. The number of nitrogens with zero attached hydrogens (tertiary/aromatic N) is 5. The second kappa shape index (κ2) is 10.1. The fourth-order valence-corrected chi connectivity index (χ4v) is 5.49. The molecular weight excluding hydrogens is 515 g/mol. The first kappa shape index (κ1) is 24.8. The Morgan fingerprint density at radius 3 is 2.39 bits per heavy atom. The summed E-state index contributed by atoms with van der Waals surface area (Å²) in [7, 11) is 0. The Labute approximate surface area is 237 Å². The second-order valence-electron chi connectivity index (χ2n) is 9.83. The van der Waals surface area contributed by atoms with Crippen LogP contribution < -0.4 is 15.0 Å². The Morgan fingerprint density at radius 2 is 1.59 bits per heavy atom. The summed E-state index contributed by atoms with van der Waals surface area (Å²) in [5, 5.41) is 8.46. The Bertz CT molecular complexity index is 1810. The normalized spacial score (nSPS) is 15.3. The van der Waals surface area contributed by atoms with Gasteiger partial charge < -0.3 is 15.0 Å². The van der Waals surface area contributed by atoms with Crippen molar-refractivity contribution >= 4 is 34.6 Å². The minimum atomic E-state index is -0.328. The first-order chi connectivity index (χ1) is 20.1. The lowest BCUT2D eigenvalue weighted by Crippen LogP contribution is -2.46. The molecule has 0 aliphatic carbocycles. The maximum atomic E-state index is 14.1. The van der Waals surface area contributed by atoms with Crippen molar-refractivity contribution in [3.05, 3.63) is 126 Å². The standard InChI is InChI=1S/C33H27FN6O/c1-3-41-28-16-10-8-14-26(28)36-31-33-37-32-29(21(2)38-40(32)24-11-5-4-6-12-24)30(22-17-19-23(34)20-18-22)39(33)27-15-9-7-13-25(27)35-31/h4-20,30H,3H2,1-2H3,(H,35,36). The quantitative estimate of drug-likeness (QED) is 0.250. The average Bonchev–Trinajstić information content (AvgIpc) is 3.34. The van der Waals surface area contributed by atoms with Crippen LogP contribution >= 0.6 is 0 Å². The molecule has 1 atom stereocenters. The molecule has 0 spiro atoms. The number of amidine groups is 2. The van der Waals surface area contributed by atoms with Crippen molar-refractivity contribution in [2.75, 3.05) is 16.8 Å². The molecule has 0 radical (unpaired) electrons. The first-order valence-electron chi connectivity index (χ1n) is 13.6. The number of benzene rings is 4. The number of aryl methyl sites for hydroxylation is 1. The number of halogens is 1. The van der Waals surface area contributed by atoms with Crippen molar-refractivity contribution < 1.29 is 9.13 Å². The highest BCUT2D eigenvalue weighted by molar-refractivity contribution is 6.51. The van der Waals surface area contributed by atoms with Gasteiger partial charge in [-0.2, -0.15) is 5.10 Å². The van der Waals surface area contributed by atoms with E-state index in [0.717, 1.165) is 45.3 Å². The summed E-state index contributed by atoms with van der Waals surface area (Å²) < 4.78 is 21.9. The molecule has 7 rings (SSSR count). The third-order valence-electron chi connectivity index (χ3n) is 7.26. The summed E-state index contributed by atoms with van der Waals surface area (Å²) in [6, 6.07) is 32.1. The van der Waals surface area contributed by atoms with E-state index < -0.39 is 0 Å². The zero-order chi connectivity index (χ0) is 27.9. The molecule has 5 aromatic rings. The summed E-state index contributed by atoms with van der Waals surface area (Å²) in [5.41, 5.74) is 6.10. The minimum absolute atomic E-state index is 0.286. The molecule has 41 heavy (non-hydrogen) atoms. The number of ether oxygens (including phenoxy) is 1. The lowest BCUT2D eigenvalue weighted by atomic mass is 9.93. The van der Waals surface area contributed by atoms with Crippen LogP contribution in [0.1, 0.15) is 29.8 Å². The number of aromatic nitrogens is 2. The van der Waals surface area contributed by atoms with Crippen LogP contribution in [-0.4, -0.2) is 28.1 Å². The molecule has 8 heteroatoms. The Balaban J connectivity index is 1.48. The van der Waals surface area contributed by atoms with Gasteiger partial charge in [0, 0.05) is 5.56 Å². The number of anilines is 2. The number of hydrogen-bond donors (Lipinski definition) is 1. The van der Waals surface area contributed by atoms with Gasteiger partial charge >= 0.3 is 0 Å². The van der Waals surface area contributed by atoms with Crippen LogP contribution in [0.5, 0.6) is 5.75 Å². The number of aliphatic imine (C=N–C) groups is 2. The van der Waals surface area contributed by atoms with Crippen molar-refractivity contribution in [3.63, 3.8) is 0 Å². The molecule has 202 valence electrons. The molecule has 0 saturated carbocycles. The first-order valence-corrected chi connectivity index (χ1v) is 13.6. The summed E-state index contributed by atoms with van der Waals surface area (Å²) >= 11 is 0. The molecule has 7 nitrogen and oxygen atoms in total. The van der Waals surface area contributed by atoms with Gasteiger partial charge in [0.2, 0.25) is 0 Å². The maximum Gasteiger partial charge on any atom is 0.179 e. The van der Waals surface area contributed by atoms with E-state index in [0.29, 0.717) is 24.1 Å². The molecule has 0 fully saturated rings. The topological polar surface area (TPSA) is 67.0 Å². The van der Waals surface area contributed by atoms with Gasteiger partial charge in [0.05, 0.1) is 41.1 Å². The molecule has 2 aliphatic heterocycles. The smallest absolute Gasteiger partial charge is 0.179 e. The van der Waals surface area contributed by atoms with Crippen LogP contribution in [0.2, 0.25) is 0 Å². The third kappa shape index (κ3) is 4.24. The fraction of sp³-hybridized carbons (Fsp3) is 0.121. The van der Waals surface area contributed by atoms with Crippen molar-refractivity contribution in [1.29, 1.82) is 0 Å². The molecule has 4 aromatic carbocycles. The van der Waals surface area contributed by atoms with Crippen molar-refractivity contribution in [2.24, 2.45) is 9.98 Å². The summed E-state index contributed by atoms with van der Waals surface area (Å²) in [5.74, 6) is 2.36. The molecule has 1 N–H and O–H groups in total. The van der Waals surface area contributed by atoms with Crippen LogP contribution in [-0.2, 0) is 0 Å². The Morgan fingerprint density at radius 1 is 0.854 bits per heavy atom. The summed E-state index contributed by atoms with van der Waals surface area (Å²) in [6.45, 7) is 4.49. The van der Waals surface area contributed by atoms with Gasteiger partial charge in [0.1, 0.15) is 11.6 Å². The number of nitrogens with one attached hydrogen (secondary N) is 1. The number of rotatable bonds is 5. The largest absolute Gasteiger partial charge is 0.492 e. The van der Waals surface area contributed by atoms with Gasteiger partial charge in [0.15, 0.2) is 17.5 Å². The van der Waals surface area contributed by atoms with E-state index in [2.05, 4.69) is 10.2 Å². The zero-order valence-electron chi connectivity index (χ0n) is 22.6. The van der Waals surface area contributed by atoms with E-state index in [9.17, 15) is 4.39 Å². The van der Waals surface area contributed by atoms with Crippen LogP contribution in [0.25, 0.3) is 5.69 Å². The van der Waals surface area contributed by atoms with Gasteiger partial charge in [0.25, 0.3) is 0 Å². The predicted molar refractivity (Wildman–Crippen MR) is 161 cm³/mol. The van der Waals surface area contributed by atoms with Crippen molar-refractivity contribution in [3.8, 4) is 11.4 Å². The lowest BCUT2D eigenvalue weighted by molar-refractivity contribution is 0.342. The van der Waals surface area contributed by atoms with E-state index in [1.165, 1.54) is 12.1 Å². The number of para-hydroxylation sites is 5. The van der Waals surface area contributed by atoms with Gasteiger partial charge in [-0.05, 0) is 67.9 Å². The molecule has 0 amide bonds. The monoisotopic (exact) mass is 542 g/mol. The molecule has 2 aliphatic rings. The second-order valence-corrected chi connectivity index (χ2v) is 9.83. The van der Waals surface area contributed by atoms with Crippen molar-refractivity contribution in [2.45, 2.75) is 19.9 Å². The van der Waals surface area contributed by atoms with E-state index in [1.54, 1.807) is 0 Å². The predicted octanol–water partition coefficient (Wildman–Crippen LogP) is 7.51. The van der Waals surface area contributed by atoms with Crippen LogP contribution in [0, 0.1) is 12.7 Å². The molecule has 3 heterocycles. The van der Waals surface area contributed by atoms with E-state index in [4.69, 9.17) is 19.8 Å². The molecule has 1 unspecified atom stereocenters. The number of hydrogen-bond acceptors (Lipinski definition) is 6. The van der Waals surface area contributed by atoms with E-state index >= 15 is 0 Å². The number of fused-ring (bicyclic) bond motifs is 4. The van der Waals surface area contributed by atoms with E-state index in [-0.39, 0.29) is 11.9 Å². The van der Waals surface area contributed by atoms with Gasteiger partial charge in [-0.25, -0.2) is 19.1 Å². The van der Waals surface area contributed by atoms with Gasteiger partial charge in [-0.3, -0.25) is 0 Å². The highest BCUT2D eigenvalue weighted by Crippen LogP contribution is 2.48. The third-order valence-corrected chi connectivity index (χ3v) is 7.26. The SMILES string of the molecule is CCOc1ccccc1NC1=Nc2ccccc2N2C1=Nc1c(c(C)nn1-c1ccccc1)C2c1ccc(F)cc1. The molecule has 0 saturated heterocycles. The zero-order valence-corrected chi connectivity index (χ0v) is 22.6. The average molecular weight is 543 g/mol. The van der Waals surface area contributed by atoms with Crippen LogP contribution in [0.3, 0.4) is 0 Å². The minimum Gasteiger partial charge on any atom is -0.492 e. The van der Waals surface area contributed by atoms with Crippen molar-refractivity contribution in [1.82, 2.24) is 9.78 Å². The highest BCUT2D eigenvalue weighted by Gasteiger charge is 2.41. The molecular formula is C33H27FN6O. The van der Waals surface area contributed by atoms with Gasteiger partial charge in [-0.15, -0.1) is 0 Å². The lowest BCUT2D eigenvalue weighted by Gasteiger charge is -2.40. The summed E-state index contributed by atoms with van der Waals surface area (Å²) in [6.07, 6.45) is 0. The van der Waals surface area contributed by atoms with Crippen LogP contribution in [0.4, 0.5) is 27.3 Å². The summed E-state index contributed by atoms with van der Waals surface area (Å²) in [4.78, 5) is 12.5. The van der Waals surface area contributed by atoms with Gasteiger partial charge in [-0.1, -0.05) is 54.6 Å².